The van der Waals surface area contributed by atoms with Gasteiger partial charge in [0.1, 0.15) is 17.9 Å². The van der Waals surface area contributed by atoms with E-state index in [1.54, 1.807) is 0 Å². The van der Waals surface area contributed by atoms with Crippen molar-refractivity contribution in [2.45, 2.75) is 6.42 Å². The van der Waals surface area contributed by atoms with E-state index in [-0.39, 0.29) is 17.7 Å². The molecule has 0 aliphatic heterocycles. The zero-order valence-electron chi connectivity index (χ0n) is 6.75. The van der Waals surface area contributed by atoms with E-state index in [1.165, 1.54) is 6.07 Å². The zero-order valence-corrected chi connectivity index (χ0v) is 6.75. The molecule has 1 aromatic carbocycles. The van der Waals surface area contributed by atoms with Crippen molar-refractivity contribution >= 4 is 6.29 Å². The van der Waals surface area contributed by atoms with Gasteiger partial charge in [0.2, 0.25) is 0 Å². The van der Waals surface area contributed by atoms with Crippen molar-refractivity contribution in [1.82, 2.24) is 0 Å². The number of halogens is 1. The fourth-order valence-electron chi connectivity index (χ4n) is 0.796. The van der Waals surface area contributed by atoms with Crippen molar-refractivity contribution in [2.24, 2.45) is 0 Å². The zero-order chi connectivity index (χ0) is 9.68. The van der Waals surface area contributed by atoms with Gasteiger partial charge in [-0.05, 0) is 18.2 Å². The molecule has 0 aliphatic rings. The molecule has 0 spiro atoms. The van der Waals surface area contributed by atoms with E-state index in [2.05, 4.69) is 11.8 Å². The molecule has 0 heterocycles. The molecule has 0 aromatic heterocycles. The van der Waals surface area contributed by atoms with Crippen molar-refractivity contribution in [3.8, 4) is 17.6 Å². The van der Waals surface area contributed by atoms with Crippen LogP contribution in [0.1, 0.15) is 12.0 Å². The average molecular weight is 178 g/mol. The number of benzene rings is 1. The number of hydrogen-bond donors (Lipinski definition) is 1. The Morgan fingerprint density at radius 1 is 1.54 bits per heavy atom. The van der Waals surface area contributed by atoms with E-state index in [0.29, 0.717) is 6.29 Å². The molecule has 1 aromatic rings. The van der Waals surface area contributed by atoms with E-state index >= 15 is 0 Å². The van der Waals surface area contributed by atoms with Gasteiger partial charge in [0.05, 0.1) is 12.0 Å². The van der Waals surface area contributed by atoms with E-state index < -0.39 is 5.82 Å². The Bertz CT molecular complexity index is 374. The van der Waals surface area contributed by atoms with Crippen LogP contribution >= 0.6 is 0 Å². The topological polar surface area (TPSA) is 37.3 Å². The first-order valence-electron chi connectivity index (χ1n) is 3.65. The second-order valence-electron chi connectivity index (χ2n) is 2.33. The van der Waals surface area contributed by atoms with Crippen molar-refractivity contribution in [3.05, 3.63) is 29.6 Å². The standard InChI is InChI=1S/C10H7FO2/c11-9-4-5-10(13)8(7-9)3-1-2-6-12/h4-7,13H,2H2. The maximum absolute atomic E-state index is 12.6. The summed E-state index contributed by atoms with van der Waals surface area (Å²) in [5.74, 6) is 4.41. The minimum atomic E-state index is -0.465. The van der Waals surface area contributed by atoms with Gasteiger partial charge in [-0.2, -0.15) is 0 Å². The maximum atomic E-state index is 12.6. The molecule has 0 aliphatic carbocycles. The molecule has 0 atom stereocenters. The summed E-state index contributed by atoms with van der Waals surface area (Å²) in [5, 5.41) is 9.18. The minimum Gasteiger partial charge on any atom is -0.507 e. The van der Waals surface area contributed by atoms with E-state index in [9.17, 15) is 14.3 Å². The molecular weight excluding hydrogens is 171 g/mol. The van der Waals surface area contributed by atoms with Gasteiger partial charge in [-0.15, -0.1) is 0 Å². The summed E-state index contributed by atoms with van der Waals surface area (Å²) in [6.07, 6.45) is 0.722. The van der Waals surface area contributed by atoms with Gasteiger partial charge >= 0.3 is 0 Å². The number of hydrogen-bond acceptors (Lipinski definition) is 2. The van der Waals surface area contributed by atoms with E-state index in [1.807, 2.05) is 0 Å². The van der Waals surface area contributed by atoms with Gasteiger partial charge < -0.3 is 9.90 Å². The molecule has 0 saturated carbocycles. The van der Waals surface area contributed by atoms with Gasteiger partial charge in [-0.25, -0.2) is 4.39 Å². The first-order chi connectivity index (χ1) is 6.24. The van der Waals surface area contributed by atoms with Crippen molar-refractivity contribution in [1.29, 1.82) is 0 Å². The first-order valence-corrected chi connectivity index (χ1v) is 3.65. The molecule has 0 amide bonds. The molecule has 66 valence electrons. The van der Waals surface area contributed by atoms with E-state index in [4.69, 9.17) is 0 Å². The Balaban J connectivity index is 2.95. The summed E-state index contributed by atoms with van der Waals surface area (Å²) in [6, 6.07) is 3.48. The summed E-state index contributed by atoms with van der Waals surface area (Å²) in [5.41, 5.74) is 0.196. The quantitative estimate of drug-likeness (QED) is 0.522. The van der Waals surface area contributed by atoms with Crippen LogP contribution in [0.4, 0.5) is 4.39 Å². The Morgan fingerprint density at radius 3 is 3.00 bits per heavy atom. The molecule has 0 unspecified atom stereocenters. The molecule has 3 heteroatoms. The number of carbonyl (C=O) groups is 1. The van der Waals surface area contributed by atoms with E-state index in [0.717, 1.165) is 12.1 Å². The van der Waals surface area contributed by atoms with Crippen LogP contribution in [0.2, 0.25) is 0 Å². The number of aldehydes is 1. The van der Waals surface area contributed by atoms with Crippen LogP contribution in [0.3, 0.4) is 0 Å². The highest BCUT2D eigenvalue weighted by Gasteiger charge is 1.98. The number of phenolic OH excluding ortho intramolecular Hbond substituents is 1. The number of aromatic hydroxyl groups is 1. The first kappa shape index (κ1) is 9.27. The Labute approximate surface area is 75.0 Å². The Kier molecular flexibility index (Phi) is 3.04. The summed E-state index contributed by atoms with van der Waals surface area (Å²) >= 11 is 0. The molecule has 0 bridgehead atoms. The largest absolute Gasteiger partial charge is 0.507 e. The molecule has 1 N–H and O–H groups in total. The normalized spacial score (nSPS) is 8.69. The second-order valence-corrected chi connectivity index (χ2v) is 2.33. The third kappa shape index (κ3) is 2.60. The van der Waals surface area contributed by atoms with Crippen LogP contribution in [-0.4, -0.2) is 11.4 Å². The average Bonchev–Trinajstić information content (AvgIpc) is 2.11. The summed E-state index contributed by atoms with van der Waals surface area (Å²) in [6.45, 7) is 0. The lowest BCUT2D eigenvalue weighted by molar-refractivity contribution is -0.107. The van der Waals surface area contributed by atoms with Gasteiger partial charge in [0, 0.05) is 0 Å². The highest BCUT2D eigenvalue weighted by atomic mass is 19.1. The predicted octanol–water partition coefficient (Wildman–Crippen LogP) is 1.47. The van der Waals surface area contributed by atoms with Crippen molar-refractivity contribution in [2.75, 3.05) is 0 Å². The highest BCUT2D eigenvalue weighted by Crippen LogP contribution is 2.16. The molecule has 0 saturated heterocycles. The van der Waals surface area contributed by atoms with Crippen LogP contribution in [0, 0.1) is 17.7 Å². The van der Waals surface area contributed by atoms with Gasteiger partial charge in [-0.3, -0.25) is 0 Å². The molecular formula is C10H7FO2. The summed E-state index contributed by atoms with van der Waals surface area (Å²) in [4.78, 5) is 9.91. The van der Waals surface area contributed by atoms with Gasteiger partial charge in [0.25, 0.3) is 0 Å². The fraction of sp³-hybridized carbons (Fsp3) is 0.100. The van der Waals surface area contributed by atoms with Crippen LogP contribution < -0.4 is 0 Å². The second kappa shape index (κ2) is 4.27. The Hall–Kier alpha value is -1.82. The molecule has 0 radical (unpaired) electrons. The molecule has 1 rings (SSSR count). The molecule has 2 nitrogen and oxygen atoms in total. The van der Waals surface area contributed by atoms with Gasteiger partial charge in [0.15, 0.2) is 0 Å². The SMILES string of the molecule is O=CCC#Cc1cc(F)ccc1O. The lowest BCUT2D eigenvalue weighted by Crippen LogP contribution is -1.79. The summed E-state index contributed by atoms with van der Waals surface area (Å²) in [7, 11) is 0. The summed E-state index contributed by atoms with van der Waals surface area (Å²) < 4.78 is 12.6. The Morgan fingerprint density at radius 2 is 2.31 bits per heavy atom. The third-order valence-corrected chi connectivity index (χ3v) is 1.37. The predicted molar refractivity (Wildman–Crippen MR) is 45.6 cm³/mol. The van der Waals surface area contributed by atoms with Crippen molar-refractivity contribution < 1.29 is 14.3 Å². The van der Waals surface area contributed by atoms with Crippen LogP contribution in [0.25, 0.3) is 0 Å². The maximum Gasteiger partial charge on any atom is 0.131 e. The van der Waals surface area contributed by atoms with Crippen LogP contribution in [-0.2, 0) is 4.79 Å². The lowest BCUT2D eigenvalue weighted by atomic mass is 10.2. The minimum absolute atomic E-state index is 0.0793. The van der Waals surface area contributed by atoms with Crippen LogP contribution in [0.15, 0.2) is 18.2 Å². The van der Waals surface area contributed by atoms with Crippen LogP contribution in [0.5, 0.6) is 5.75 Å². The molecule has 13 heavy (non-hydrogen) atoms. The van der Waals surface area contributed by atoms with Crippen molar-refractivity contribution in [3.63, 3.8) is 0 Å². The molecule has 0 fully saturated rings. The smallest absolute Gasteiger partial charge is 0.131 e. The number of phenols is 1. The highest BCUT2D eigenvalue weighted by molar-refractivity contribution is 5.55. The fourth-order valence-corrected chi connectivity index (χ4v) is 0.796. The lowest BCUT2D eigenvalue weighted by Gasteiger charge is -1.95. The number of carbonyl (C=O) groups excluding carboxylic acids is 1. The third-order valence-electron chi connectivity index (χ3n) is 1.37. The van der Waals surface area contributed by atoms with Gasteiger partial charge in [-0.1, -0.05) is 11.8 Å². The monoisotopic (exact) mass is 178 g/mol. The number of rotatable bonds is 1.